The lowest BCUT2D eigenvalue weighted by Gasteiger charge is -2.10. The number of carboxylic acids is 1. The van der Waals surface area contributed by atoms with Gasteiger partial charge >= 0.3 is 5.97 Å². The van der Waals surface area contributed by atoms with Gasteiger partial charge in [0.15, 0.2) is 11.5 Å². The Morgan fingerprint density at radius 2 is 2.26 bits per heavy atom. The van der Waals surface area contributed by atoms with Crippen molar-refractivity contribution >= 4 is 17.5 Å². The number of hydrogen-bond acceptors (Lipinski definition) is 6. The van der Waals surface area contributed by atoms with Crippen LogP contribution in [0.4, 0.5) is 0 Å². The van der Waals surface area contributed by atoms with Gasteiger partial charge in [-0.25, -0.2) is 4.79 Å². The number of methoxy groups -OCH3 is 1. The van der Waals surface area contributed by atoms with E-state index < -0.39 is 5.97 Å². The number of hydrogen-bond donors (Lipinski definition) is 1. The molecule has 0 amide bonds. The summed E-state index contributed by atoms with van der Waals surface area (Å²) in [4.78, 5) is 15.3. The predicted molar refractivity (Wildman–Crippen MR) is 69.3 cm³/mol. The van der Waals surface area contributed by atoms with Gasteiger partial charge in [0.2, 0.25) is 0 Å². The van der Waals surface area contributed by atoms with Gasteiger partial charge in [0.05, 0.1) is 7.11 Å². The number of nitrogens with zero attached hydrogens (tertiary/aromatic N) is 2. The lowest BCUT2D eigenvalue weighted by molar-refractivity contribution is 0.0693. The molecule has 100 valence electrons. The van der Waals surface area contributed by atoms with Crippen molar-refractivity contribution in [1.29, 1.82) is 0 Å². The number of benzene rings is 1. The average Bonchev–Trinajstić information content (AvgIpc) is 2.86. The summed E-state index contributed by atoms with van der Waals surface area (Å²) in [7, 11) is 1.45. The van der Waals surface area contributed by atoms with Crippen LogP contribution in [0, 0.1) is 0 Å². The number of ether oxygens (including phenoxy) is 2. The van der Waals surface area contributed by atoms with E-state index in [1.807, 2.05) is 6.92 Å². The molecule has 0 aliphatic rings. The molecule has 0 aliphatic carbocycles. The molecule has 19 heavy (non-hydrogen) atoms. The van der Waals surface area contributed by atoms with Crippen LogP contribution in [0.1, 0.15) is 23.1 Å². The Hall–Kier alpha value is -2.15. The summed E-state index contributed by atoms with van der Waals surface area (Å²) in [6, 6.07) is 4.66. The minimum Gasteiger partial charge on any atom is -0.493 e. The van der Waals surface area contributed by atoms with Crippen molar-refractivity contribution in [3.05, 3.63) is 29.6 Å². The van der Waals surface area contributed by atoms with Gasteiger partial charge in [-0.1, -0.05) is 13.0 Å². The average molecular weight is 280 g/mol. The van der Waals surface area contributed by atoms with Crippen LogP contribution in [-0.2, 0) is 6.42 Å². The van der Waals surface area contributed by atoms with Crippen LogP contribution < -0.4 is 9.47 Å². The Kier molecular flexibility index (Phi) is 3.96. The molecule has 0 radical (unpaired) electrons. The van der Waals surface area contributed by atoms with E-state index in [0.29, 0.717) is 23.2 Å². The third-order valence-electron chi connectivity index (χ3n) is 2.38. The molecular formula is C12H12N2O4S. The van der Waals surface area contributed by atoms with E-state index in [2.05, 4.69) is 9.36 Å². The molecule has 1 aromatic carbocycles. The van der Waals surface area contributed by atoms with Crippen molar-refractivity contribution in [3.8, 4) is 16.7 Å². The van der Waals surface area contributed by atoms with Crippen LogP contribution in [0.3, 0.4) is 0 Å². The molecule has 1 aromatic heterocycles. The topological polar surface area (TPSA) is 81.5 Å². The normalized spacial score (nSPS) is 10.2. The summed E-state index contributed by atoms with van der Waals surface area (Å²) in [6.07, 6.45) is 0.692. The van der Waals surface area contributed by atoms with Crippen LogP contribution >= 0.6 is 11.5 Å². The van der Waals surface area contributed by atoms with Gasteiger partial charge in [-0.3, -0.25) is 0 Å². The first-order valence-corrected chi connectivity index (χ1v) is 6.33. The van der Waals surface area contributed by atoms with Crippen LogP contribution in [0.2, 0.25) is 0 Å². The van der Waals surface area contributed by atoms with Crippen molar-refractivity contribution in [2.75, 3.05) is 7.11 Å². The van der Waals surface area contributed by atoms with Crippen LogP contribution in [-0.4, -0.2) is 27.5 Å². The maximum atomic E-state index is 11.2. The maximum absolute atomic E-state index is 11.2. The molecular weight excluding hydrogens is 268 g/mol. The largest absolute Gasteiger partial charge is 0.493 e. The standard InChI is InChI=1S/C12H12N2O4S/c1-3-9-13-12(19-14-9)18-10-7(11(15)16)5-4-6-8(10)17-2/h4-6H,3H2,1-2H3,(H,15,16). The Balaban J connectivity index is 2.39. The summed E-state index contributed by atoms with van der Waals surface area (Å²) >= 11 is 1.08. The minimum atomic E-state index is -1.09. The highest BCUT2D eigenvalue weighted by molar-refractivity contribution is 7.07. The van der Waals surface area contributed by atoms with Gasteiger partial charge in [0, 0.05) is 18.0 Å². The van der Waals surface area contributed by atoms with Gasteiger partial charge in [-0.05, 0) is 12.1 Å². The summed E-state index contributed by atoms with van der Waals surface area (Å²) in [5.74, 6) is 0.0466. The van der Waals surface area contributed by atoms with Crippen LogP contribution in [0.5, 0.6) is 16.7 Å². The lowest BCUT2D eigenvalue weighted by Crippen LogP contribution is -2.01. The fourth-order valence-corrected chi connectivity index (χ4v) is 2.08. The molecule has 6 nitrogen and oxygen atoms in total. The van der Waals surface area contributed by atoms with Gasteiger partial charge in [-0.15, -0.1) is 0 Å². The van der Waals surface area contributed by atoms with E-state index in [1.165, 1.54) is 13.2 Å². The van der Waals surface area contributed by atoms with E-state index in [9.17, 15) is 4.79 Å². The van der Waals surface area contributed by atoms with Crippen LogP contribution in [0.15, 0.2) is 18.2 Å². The second-order valence-electron chi connectivity index (χ2n) is 3.57. The quantitative estimate of drug-likeness (QED) is 0.906. The molecule has 0 unspecified atom stereocenters. The summed E-state index contributed by atoms with van der Waals surface area (Å²) in [6.45, 7) is 1.93. The first-order chi connectivity index (χ1) is 9.15. The number of aryl methyl sites for hydroxylation is 1. The number of carboxylic acid groups (broad SMARTS) is 1. The number of aromatic carboxylic acids is 1. The molecule has 0 aliphatic heterocycles. The summed E-state index contributed by atoms with van der Waals surface area (Å²) in [5.41, 5.74) is 0.0209. The van der Waals surface area contributed by atoms with E-state index in [4.69, 9.17) is 14.6 Å². The van der Waals surface area contributed by atoms with Gasteiger partial charge in [0.25, 0.3) is 5.19 Å². The minimum absolute atomic E-state index is 0.0209. The third-order valence-corrected chi connectivity index (χ3v) is 3.02. The monoisotopic (exact) mass is 280 g/mol. The SMILES string of the molecule is CCc1nsc(Oc2c(OC)cccc2C(=O)O)n1. The Morgan fingerprint density at radius 1 is 1.47 bits per heavy atom. The van der Waals surface area contributed by atoms with Crippen molar-refractivity contribution in [2.45, 2.75) is 13.3 Å². The molecule has 0 saturated heterocycles. The van der Waals surface area contributed by atoms with Crippen molar-refractivity contribution < 1.29 is 19.4 Å². The third kappa shape index (κ3) is 2.82. The van der Waals surface area contributed by atoms with E-state index >= 15 is 0 Å². The molecule has 0 fully saturated rings. The molecule has 1 N–H and O–H groups in total. The maximum Gasteiger partial charge on any atom is 0.339 e. The van der Waals surface area contributed by atoms with Crippen molar-refractivity contribution in [1.82, 2.24) is 9.36 Å². The molecule has 0 bridgehead atoms. The van der Waals surface area contributed by atoms with Gasteiger partial charge in [0.1, 0.15) is 11.4 Å². The summed E-state index contributed by atoms with van der Waals surface area (Å²) < 4.78 is 14.7. The van der Waals surface area contributed by atoms with E-state index in [0.717, 1.165) is 11.5 Å². The number of rotatable bonds is 5. The number of para-hydroxylation sites is 1. The highest BCUT2D eigenvalue weighted by Crippen LogP contribution is 2.35. The second-order valence-corrected chi connectivity index (χ2v) is 4.29. The zero-order chi connectivity index (χ0) is 13.8. The number of carbonyl (C=O) groups is 1. The van der Waals surface area contributed by atoms with Gasteiger partial charge in [-0.2, -0.15) is 9.36 Å². The highest BCUT2D eigenvalue weighted by Gasteiger charge is 2.18. The molecule has 2 aromatic rings. The van der Waals surface area contributed by atoms with Crippen molar-refractivity contribution in [2.24, 2.45) is 0 Å². The fraction of sp³-hybridized carbons (Fsp3) is 0.250. The highest BCUT2D eigenvalue weighted by atomic mass is 32.1. The van der Waals surface area contributed by atoms with Crippen molar-refractivity contribution in [3.63, 3.8) is 0 Å². The smallest absolute Gasteiger partial charge is 0.339 e. The zero-order valence-corrected chi connectivity index (χ0v) is 11.2. The van der Waals surface area contributed by atoms with Gasteiger partial charge < -0.3 is 14.6 Å². The van der Waals surface area contributed by atoms with E-state index in [-0.39, 0.29) is 11.3 Å². The molecule has 1 heterocycles. The first kappa shape index (κ1) is 13.3. The zero-order valence-electron chi connectivity index (χ0n) is 10.4. The van der Waals surface area contributed by atoms with Crippen LogP contribution in [0.25, 0.3) is 0 Å². The lowest BCUT2D eigenvalue weighted by atomic mass is 10.2. The number of aromatic nitrogens is 2. The molecule has 0 spiro atoms. The molecule has 0 saturated carbocycles. The molecule has 0 atom stereocenters. The Bertz CT molecular complexity index is 597. The fourth-order valence-electron chi connectivity index (χ4n) is 1.46. The van der Waals surface area contributed by atoms with E-state index in [1.54, 1.807) is 12.1 Å². The predicted octanol–water partition coefficient (Wildman–Crippen LogP) is 2.60. The molecule has 7 heteroatoms. The second kappa shape index (κ2) is 5.66. The Morgan fingerprint density at radius 3 is 2.84 bits per heavy atom. The molecule has 2 rings (SSSR count). The first-order valence-electron chi connectivity index (χ1n) is 5.56. The summed E-state index contributed by atoms with van der Waals surface area (Å²) in [5, 5.41) is 9.44. The Labute approximate surface area is 113 Å².